The molecule has 1 rings (SSSR count). The molecule has 0 aromatic heterocycles. The summed E-state index contributed by atoms with van der Waals surface area (Å²) in [5.74, 6) is -0.500. The lowest BCUT2D eigenvalue weighted by molar-refractivity contribution is -0.137. The summed E-state index contributed by atoms with van der Waals surface area (Å²) in [5.41, 5.74) is 6.14. The summed E-state index contributed by atoms with van der Waals surface area (Å²) in [7, 11) is 2.84. The molecule has 0 bridgehead atoms. The van der Waals surface area contributed by atoms with E-state index in [1.54, 1.807) is 0 Å². The van der Waals surface area contributed by atoms with Crippen LogP contribution in [0.4, 0.5) is 0 Å². The van der Waals surface area contributed by atoms with Gasteiger partial charge in [0, 0.05) is 17.7 Å². The van der Waals surface area contributed by atoms with Gasteiger partial charge in [0.1, 0.15) is 5.75 Å². The molecule has 6 nitrogen and oxygen atoms in total. The van der Waals surface area contributed by atoms with E-state index in [1.165, 1.54) is 26.4 Å². The van der Waals surface area contributed by atoms with E-state index in [2.05, 4.69) is 0 Å². The van der Waals surface area contributed by atoms with Crippen LogP contribution in [0.25, 0.3) is 0 Å². The van der Waals surface area contributed by atoms with Crippen LogP contribution in [0.3, 0.4) is 0 Å². The number of phenolic OH excluding ortho intramolecular Hbond substituents is 1. The van der Waals surface area contributed by atoms with Crippen molar-refractivity contribution < 1.29 is 24.5 Å². The largest absolute Gasteiger partial charge is 0.504 e. The van der Waals surface area contributed by atoms with Crippen LogP contribution in [0.15, 0.2) is 12.1 Å². The standard InChI is InChI=1S/C11H15NO5/c1-16-9-5-10(17-2)8(13)3-6(9)7(12)4-11(14)15/h3,5,7,13H,4,12H2,1-2H3,(H,14,15). The first kappa shape index (κ1) is 13.1. The summed E-state index contributed by atoms with van der Waals surface area (Å²) in [6.07, 6.45) is -0.248. The van der Waals surface area contributed by atoms with Crippen molar-refractivity contribution in [1.82, 2.24) is 0 Å². The highest BCUT2D eigenvalue weighted by molar-refractivity contribution is 5.68. The number of carboxylic acids is 1. The Labute approximate surface area is 98.6 Å². The van der Waals surface area contributed by atoms with Crippen molar-refractivity contribution in [2.45, 2.75) is 12.5 Å². The Bertz CT molecular complexity index is 419. The third-order valence-corrected chi connectivity index (χ3v) is 2.33. The van der Waals surface area contributed by atoms with Gasteiger partial charge >= 0.3 is 5.97 Å². The normalized spacial score (nSPS) is 11.9. The number of carboxylic acid groups (broad SMARTS) is 1. The Balaban J connectivity index is 3.13. The highest BCUT2D eigenvalue weighted by Crippen LogP contribution is 2.36. The number of hydrogen-bond donors (Lipinski definition) is 3. The van der Waals surface area contributed by atoms with Gasteiger partial charge in [-0.1, -0.05) is 0 Å². The van der Waals surface area contributed by atoms with E-state index < -0.39 is 12.0 Å². The molecule has 0 aliphatic rings. The van der Waals surface area contributed by atoms with Gasteiger partial charge in [-0.3, -0.25) is 4.79 Å². The molecule has 0 radical (unpaired) electrons. The van der Waals surface area contributed by atoms with E-state index in [0.29, 0.717) is 11.3 Å². The SMILES string of the molecule is COc1cc(OC)c(C(N)CC(=O)O)cc1O. The lowest BCUT2D eigenvalue weighted by atomic mass is 10.0. The molecule has 0 saturated carbocycles. The molecule has 0 saturated heterocycles. The summed E-state index contributed by atoms with van der Waals surface area (Å²) in [6, 6.07) is 2.07. The molecule has 1 atom stereocenters. The zero-order valence-electron chi connectivity index (χ0n) is 9.64. The Kier molecular flexibility index (Phi) is 4.17. The fraction of sp³-hybridized carbons (Fsp3) is 0.364. The maximum atomic E-state index is 10.6. The van der Waals surface area contributed by atoms with Crippen LogP contribution in [-0.4, -0.2) is 30.4 Å². The molecule has 0 heterocycles. The van der Waals surface area contributed by atoms with E-state index in [0.717, 1.165) is 0 Å². The molecule has 17 heavy (non-hydrogen) atoms. The molecule has 0 spiro atoms. The summed E-state index contributed by atoms with van der Waals surface area (Å²) >= 11 is 0. The first-order chi connectivity index (χ1) is 7.99. The highest BCUT2D eigenvalue weighted by atomic mass is 16.5. The molecule has 4 N–H and O–H groups in total. The van der Waals surface area contributed by atoms with Crippen molar-refractivity contribution in [3.63, 3.8) is 0 Å². The summed E-state index contributed by atoms with van der Waals surface area (Å²) in [5, 5.41) is 18.3. The Morgan fingerprint density at radius 3 is 2.41 bits per heavy atom. The first-order valence-electron chi connectivity index (χ1n) is 4.91. The molecular formula is C11H15NO5. The van der Waals surface area contributed by atoms with Crippen LogP contribution in [0, 0.1) is 0 Å². The second-order valence-electron chi connectivity index (χ2n) is 3.47. The number of carbonyl (C=O) groups is 1. The second-order valence-corrected chi connectivity index (χ2v) is 3.47. The molecule has 0 fully saturated rings. The fourth-order valence-electron chi connectivity index (χ4n) is 1.49. The highest BCUT2D eigenvalue weighted by Gasteiger charge is 2.18. The van der Waals surface area contributed by atoms with Crippen molar-refractivity contribution in [2.24, 2.45) is 5.73 Å². The maximum Gasteiger partial charge on any atom is 0.305 e. The molecule has 1 aromatic rings. The number of benzene rings is 1. The Hall–Kier alpha value is -1.95. The monoisotopic (exact) mass is 241 g/mol. The van der Waals surface area contributed by atoms with Crippen molar-refractivity contribution in [3.8, 4) is 17.2 Å². The van der Waals surface area contributed by atoms with E-state index >= 15 is 0 Å². The van der Waals surface area contributed by atoms with E-state index in [9.17, 15) is 9.90 Å². The molecular weight excluding hydrogens is 226 g/mol. The van der Waals surface area contributed by atoms with Gasteiger partial charge in [0.15, 0.2) is 11.5 Å². The zero-order chi connectivity index (χ0) is 13.0. The topological polar surface area (TPSA) is 102 Å². The average molecular weight is 241 g/mol. The van der Waals surface area contributed by atoms with Gasteiger partial charge in [0.25, 0.3) is 0 Å². The van der Waals surface area contributed by atoms with Crippen LogP contribution in [-0.2, 0) is 4.79 Å². The van der Waals surface area contributed by atoms with Crippen LogP contribution >= 0.6 is 0 Å². The maximum absolute atomic E-state index is 10.6. The zero-order valence-corrected chi connectivity index (χ0v) is 9.64. The third-order valence-electron chi connectivity index (χ3n) is 2.33. The van der Waals surface area contributed by atoms with Crippen LogP contribution in [0.1, 0.15) is 18.0 Å². The summed E-state index contributed by atoms with van der Waals surface area (Å²) < 4.78 is 10.00. The summed E-state index contributed by atoms with van der Waals surface area (Å²) in [4.78, 5) is 10.6. The quantitative estimate of drug-likeness (QED) is 0.707. The van der Waals surface area contributed by atoms with E-state index in [4.69, 9.17) is 20.3 Å². The molecule has 0 aliphatic heterocycles. The van der Waals surface area contributed by atoms with Crippen molar-refractivity contribution >= 4 is 5.97 Å². The van der Waals surface area contributed by atoms with Gasteiger partial charge < -0.3 is 25.4 Å². The van der Waals surface area contributed by atoms with Crippen molar-refractivity contribution in [2.75, 3.05) is 14.2 Å². The van der Waals surface area contributed by atoms with E-state index in [-0.39, 0.29) is 17.9 Å². The molecule has 0 amide bonds. The van der Waals surface area contributed by atoms with Gasteiger partial charge in [-0.15, -0.1) is 0 Å². The van der Waals surface area contributed by atoms with Gasteiger partial charge in [-0.2, -0.15) is 0 Å². The van der Waals surface area contributed by atoms with Crippen molar-refractivity contribution in [3.05, 3.63) is 17.7 Å². The van der Waals surface area contributed by atoms with Gasteiger partial charge in [-0.05, 0) is 6.07 Å². The van der Waals surface area contributed by atoms with Gasteiger partial charge in [0.05, 0.1) is 20.6 Å². The minimum atomic E-state index is -1.02. The van der Waals surface area contributed by atoms with Crippen molar-refractivity contribution in [1.29, 1.82) is 0 Å². The van der Waals surface area contributed by atoms with Gasteiger partial charge in [-0.25, -0.2) is 0 Å². The third kappa shape index (κ3) is 3.01. The smallest absolute Gasteiger partial charge is 0.305 e. The second kappa shape index (κ2) is 5.40. The number of aromatic hydroxyl groups is 1. The summed E-state index contributed by atoms with van der Waals surface area (Å²) in [6.45, 7) is 0. The fourth-order valence-corrected chi connectivity index (χ4v) is 1.49. The minimum absolute atomic E-state index is 0.107. The lowest BCUT2D eigenvalue weighted by Crippen LogP contribution is -2.16. The number of rotatable bonds is 5. The lowest BCUT2D eigenvalue weighted by Gasteiger charge is -2.16. The minimum Gasteiger partial charge on any atom is -0.504 e. The number of phenols is 1. The first-order valence-corrected chi connectivity index (χ1v) is 4.91. The predicted octanol–water partition coefficient (Wildman–Crippen LogP) is 0.884. The number of ether oxygens (including phenoxy) is 2. The van der Waals surface area contributed by atoms with E-state index in [1.807, 2.05) is 0 Å². The Morgan fingerprint density at radius 2 is 1.94 bits per heavy atom. The molecule has 1 aromatic carbocycles. The number of methoxy groups -OCH3 is 2. The van der Waals surface area contributed by atoms with Gasteiger partial charge in [0.2, 0.25) is 0 Å². The average Bonchev–Trinajstić information content (AvgIpc) is 2.27. The van der Waals surface area contributed by atoms with Crippen LogP contribution in [0.5, 0.6) is 17.2 Å². The molecule has 6 heteroatoms. The molecule has 0 aliphatic carbocycles. The van der Waals surface area contributed by atoms with Crippen LogP contribution in [0.2, 0.25) is 0 Å². The Morgan fingerprint density at radius 1 is 1.35 bits per heavy atom. The number of nitrogens with two attached hydrogens (primary N) is 1. The molecule has 94 valence electrons. The number of aliphatic carboxylic acids is 1. The number of hydrogen-bond acceptors (Lipinski definition) is 5. The predicted molar refractivity (Wildman–Crippen MR) is 60.4 cm³/mol. The molecule has 1 unspecified atom stereocenters. The van der Waals surface area contributed by atoms with Crippen LogP contribution < -0.4 is 15.2 Å².